The van der Waals surface area contributed by atoms with Crippen LogP contribution >= 0.6 is 0 Å². The van der Waals surface area contributed by atoms with E-state index in [0.717, 1.165) is 12.8 Å². The Morgan fingerprint density at radius 1 is 1.25 bits per heavy atom. The molecule has 16 heavy (non-hydrogen) atoms. The molecule has 1 rings (SSSR count). The number of aryl methyl sites for hydroxylation is 2. The van der Waals surface area contributed by atoms with Crippen LogP contribution in [0.2, 0.25) is 0 Å². The van der Waals surface area contributed by atoms with Crippen molar-refractivity contribution in [2.45, 2.75) is 40.0 Å². The number of carboxylic acids is 1. The summed E-state index contributed by atoms with van der Waals surface area (Å²) in [7, 11) is 0. The Morgan fingerprint density at radius 2 is 1.81 bits per heavy atom. The van der Waals surface area contributed by atoms with Crippen molar-refractivity contribution in [1.29, 1.82) is 0 Å². The van der Waals surface area contributed by atoms with Crippen molar-refractivity contribution in [3.05, 3.63) is 35.4 Å². The van der Waals surface area contributed by atoms with Gasteiger partial charge < -0.3 is 5.11 Å². The predicted molar refractivity (Wildman–Crippen MR) is 65.5 cm³/mol. The van der Waals surface area contributed by atoms with Crippen LogP contribution in [0, 0.1) is 12.3 Å². The highest BCUT2D eigenvalue weighted by Gasteiger charge is 2.21. The van der Waals surface area contributed by atoms with E-state index in [9.17, 15) is 4.79 Å². The molecule has 0 aliphatic carbocycles. The van der Waals surface area contributed by atoms with Gasteiger partial charge in [-0.25, -0.2) is 0 Å². The zero-order chi connectivity index (χ0) is 12.2. The number of hydrogen-bond donors (Lipinski definition) is 1. The van der Waals surface area contributed by atoms with E-state index >= 15 is 0 Å². The molecule has 2 nitrogen and oxygen atoms in total. The zero-order valence-electron chi connectivity index (χ0n) is 10.3. The number of hydrogen-bond acceptors (Lipinski definition) is 1. The van der Waals surface area contributed by atoms with Crippen LogP contribution in [-0.2, 0) is 11.2 Å². The van der Waals surface area contributed by atoms with Gasteiger partial charge in [0.05, 0.1) is 6.42 Å². The fourth-order valence-corrected chi connectivity index (χ4v) is 1.74. The molecule has 88 valence electrons. The second kappa shape index (κ2) is 5.15. The summed E-state index contributed by atoms with van der Waals surface area (Å²) in [5, 5.41) is 8.78. The molecule has 0 unspecified atom stereocenters. The lowest BCUT2D eigenvalue weighted by atomic mass is 9.83. The van der Waals surface area contributed by atoms with Gasteiger partial charge in [0.25, 0.3) is 0 Å². The lowest BCUT2D eigenvalue weighted by Crippen LogP contribution is -2.17. The average Bonchev–Trinajstić information content (AvgIpc) is 2.15. The van der Waals surface area contributed by atoms with Crippen molar-refractivity contribution in [1.82, 2.24) is 0 Å². The first-order valence-corrected chi connectivity index (χ1v) is 5.66. The van der Waals surface area contributed by atoms with Gasteiger partial charge >= 0.3 is 5.97 Å². The fraction of sp³-hybridized carbons (Fsp3) is 0.500. The second-order valence-electron chi connectivity index (χ2n) is 5.22. The quantitative estimate of drug-likeness (QED) is 0.825. The predicted octanol–water partition coefficient (Wildman–Crippen LogP) is 3.43. The van der Waals surface area contributed by atoms with E-state index < -0.39 is 5.97 Å². The van der Waals surface area contributed by atoms with E-state index in [2.05, 4.69) is 31.2 Å². The maximum absolute atomic E-state index is 10.7. The van der Waals surface area contributed by atoms with Crippen LogP contribution in [-0.4, -0.2) is 11.1 Å². The molecule has 0 amide bonds. The van der Waals surface area contributed by atoms with Crippen molar-refractivity contribution in [2.24, 2.45) is 5.41 Å². The Labute approximate surface area is 97.3 Å². The van der Waals surface area contributed by atoms with Crippen LogP contribution in [0.15, 0.2) is 24.3 Å². The van der Waals surface area contributed by atoms with E-state index in [-0.39, 0.29) is 11.8 Å². The molecule has 1 aromatic rings. The highest BCUT2D eigenvalue weighted by Crippen LogP contribution is 2.26. The minimum Gasteiger partial charge on any atom is -0.481 e. The molecule has 0 fully saturated rings. The summed E-state index contributed by atoms with van der Waals surface area (Å²) in [6.45, 7) is 6.09. The van der Waals surface area contributed by atoms with Gasteiger partial charge in [-0.3, -0.25) is 4.79 Å². The first-order valence-electron chi connectivity index (χ1n) is 5.66. The van der Waals surface area contributed by atoms with E-state index in [1.165, 1.54) is 11.1 Å². The smallest absolute Gasteiger partial charge is 0.303 e. The van der Waals surface area contributed by atoms with Crippen LogP contribution in [0.4, 0.5) is 0 Å². The summed E-state index contributed by atoms with van der Waals surface area (Å²) in [6.07, 6.45) is 2.09. The van der Waals surface area contributed by atoms with Gasteiger partial charge in [-0.15, -0.1) is 0 Å². The molecule has 0 aromatic heterocycles. The first kappa shape index (κ1) is 12.8. The lowest BCUT2D eigenvalue weighted by molar-refractivity contribution is -0.139. The number of carbonyl (C=O) groups is 1. The van der Waals surface area contributed by atoms with Gasteiger partial charge in [-0.2, -0.15) is 0 Å². The summed E-state index contributed by atoms with van der Waals surface area (Å²) in [5.41, 5.74) is 2.41. The van der Waals surface area contributed by atoms with Crippen molar-refractivity contribution in [3.63, 3.8) is 0 Å². The molecule has 1 N–H and O–H groups in total. The Bertz CT molecular complexity index is 350. The molecular weight excluding hydrogens is 200 g/mol. The SMILES string of the molecule is Cc1ccc(CCC(C)(C)CC(=O)O)cc1. The Kier molecular flexibility index (Phi) is 4.11. The summed E-state index contributed by atoms with van der Waals surface area (Å²) < 4.78 is 0. The Balaban J connectivity index is 2.50. The van der Waals surface area contributed by atoms with E-state index in [4.69, 9.17) is 5.11 Å². The molecule has 0 aliphatic heterocycles. The second-order valence-corrected chi connectivity index (χ2v) is 5.22. The number of benzene rings is 1. The molecule has 1 aromatic carbocycles. The maximum atomic E-state index is 10.7. The van der Waals surface area contributed by atoms with Gasteiger partial charge in [0.15, 0.2) is 0 Å². The zero-order valence-corrected chi connectivity index (χ0v) is 10.3. The lowest BCUT2D eigenvalue weighted by Gasteiger charge is -2.22. The minimum atomic E-state index is -0.714. The molecule has 0 bridgehead atoms. The van der Waals surface area contributed by atoms with E-state index in [0.29, 0.717) is 0 Å². The van der Waals surface area contributed by atoms with Crippen LogP contribution < -0.4 is 0 Å². The average molecular weight is 220 g/mol. The number of aliphatic carboxylic acids is 1. The molecule has 0 heterocycles. The summed E-state index contributed by atoms with van der Waals surface area (Å²) in [5.74, 6) is -0.714. The highest BCUT2D eigenvalue weighted by molar-refractivity contribution is 5.67. The molecular formula is C14H20O2. The topological polar surface area (TPSA) is 37.3 Å². The molecule has 0 saturated carbocycles. The van der Waals surface area contributed by atoms with Crippen molar-refractivity contribution in [3.8, 4) is 0 Å². The third-order valence-corrected chi connectivity index (χ3v) is 2.84. The first-order chi connectivity index (χ1) is 7.39. The summed E-state index contributed by atoms with van der Waals surface area (Å²) >= 11 is 0. The van der Waals surface area contributed by atoms with Crippen molar-refractivity contribution >= 4 is 5.97 Å². The number of rotatable bonds is 5. The van der Waals surface area contributed by atoms with Crippen LogP contribution in [0.5, 0.6) is 0 Å². The minimum absolute atomic E-state index is 0.128. The van der Waals surface area contributed by atoms with Gasteiger partial charge in [0, 0.05) is 0 Å². The molecule has 0 radical (unpaired) electrons. The van der Waals surface area contributed by atoms with Gasteiger partial charge in [0.2, 0.25) is 0 Å². The Hall–Kier alpha value is -1.31. The van der Waals surface area contributed by atoms with Crippen molar-refractivity contribution < 1.29 is 9.90 Å². The maximum Gasteiger partial charge on any atom is 0.303 e. The van der Waals surface area contributed by atoms with Gasteiger partial charge in [0.1, 0.15) is 0 Å². The van der Waals surface area contributed by atoms with Gasteiger partial charge in [-0.05, 0) is 30.7 Å². The van der Waals surface area contributed by atoms with Crippen molar-refractivity contribution in [2.75, 3.05) is 0 Å². The molecule has 0 spiro atoms. The summed E-state index contributed by atoms with van der Waals surface area (Å²) in [6, 6.07) is 8.43. The summed E-state index contributed by atoms with van der Waals surface area (Å²) in [4.78, 5) is 10.7. The van der Waals surface area contributed by atoms with Crippen LogP contribution in [0.25, 0.3) is 0 Å². The normalized spacial score (nSPS) is 11.4. The van der Waals surface area contributed by atoms with E-state index in [1.54, 1.807) is 0 Å². The third-order valence-electron chi connectivity index (χ3n) is 2.84. The molecule has 2 heteroatoms. The Morgan fingerprint density at radius 3 is 2.31 bits per heavy atom. The monoisotopic (exact) mass is 220 g/mol. The molecule has 0 saturated heterocycles. The van der Waals surface area contributed by atoms with E-state index in [1.807, 2.05) is 13.8 Å². The molecule has 0 aliphatic rings. The number of carboxylic acid groups (broad SMARTS) is 1. The highest BCUT2D eigenvalue weighted by atomic mass is 16.4. The van der Waals surface area contributed by atoms with Gasteiger partial charge in [-0.1, -0.05) is 43.7 Å². The van der Waals surface area contributed by atoms with Crippen LogP contribution in [0.3, 0.4) is 0 Å². The standard InChI is InChI=1S/C14H20O2/c1-11-4-6-12(7-5-11)8-9-14(2,3)10-13(15)16/h4-7H,8-10H2,1-3H3,(H,15,16). The largest absolute Gasteiger partial charge is 0.481 e. The third kappa shape index (κ3) is 4.47. The fourth-order valence-electron chi connectivity index (χ4n) is 1.74. The molecule has 0 atom stereocenters. The van der Waals surface area contributed by atoms with Crippen LogP contribution in [0.1, 0.15) is 37.8 Å².